The number of aliphatic carboxylic acids is 5. The van der Waals surface area contributed by atoms with Crippen LogP contribution < -0.4 is 30.8 Å². The van der Waals surface area contributed by atoms with Gasteiger partial charge >= 0.3 is 29.8 Å². The predicted octanol–water partition coefficient (Wildman–Crippen LogP) is -1.87. The van der Waals surface area contributed by atoms with Gasteiger partial charge in [-0.3, -0.25) is 38.7 Å². The molecule has 0 heterocycles. The van der Waals surface area contributed by atoms with Gasteiger partial charge in [-0.1, -0.05) is 0 Å². The van der Waals surface area contributed by atoms with Crippen molar-refractivity contribution in [3.05, 3.63) is 0 Å². The molecule has 0 unspecified atom stereocenters. The maximum absolute atomic E-state index is 11.0. The largest absolute Gasteiger partial charge is 0.480 e. The highest BCUT2D eigenvalue weighted by molar-refractivity contribution is 5.73. The van der Waals surface area contributed by atoms with Gasteiger partial charge in [-0.2, -0.15) is 0 Å². The second-order valence-corrected chi connectivity index (χ2v) is 5.67. The normalized spacial score (nSPS) is 9.34. The molecule has 194 valence electrons. The summed E-state index contributed by atoms with van der Waals surface area (Å²) in [5.74, 6) is -6.16. The van der Waals surface area contributed by atoms with Crippen molar-refractivity contribution in [3.63, 3.8) is 0 Å². The first-order valence-corrected chi connectivity index (χ1v) is 7.75. The van der Waals surface area contributed by atoms with E-state index in [1.54, 1.807) is 0 Å². The molecule has 0 saturated heterocycles. The molecule has 0 aromatic rings. The maximum Gasteiger partial charge on any atom is 0.317 e. The summed E-state index contributed by atoms with van der Waals surface area (Å²) in [5, 5.41) is 44.1. The highest BCUT2D eigenvalue weighted by Crippen LogP contribution is 1.97. The molecule has 0 spiro atoms. The van der Waals surface area contributed by atoms with Crippen LogP contribution in [0.5, 0.6) is 0 Å². The number of carbonyl (C=O) groups is 5. The second kappa shape index (κ2) is 22.7. The van der Waals surface area contributed by atoms with Crippen molar-refractivity contribution < 1.29 is 49.5 Å². The first kappa shape index (κ1) is 43.0. The van der Waals surface area contributed by atoms with E-state index < -0.39 is 62.6 Å². The fourth-order valence-electron chi connectivity index (χ4n) is 2.22. The molecule has 20 N–H and O–H groups in total. The summed E-state index contributed by atoms with van der Waals surface area (Å²) >= 11 is 0. The van der Waals surface area contributed by atoms with Crippen LogP contribution >= 0.6 is 0 Å². The van der Waals surface area contributed by atoms with E-state index in [1.165, 1.54) is 4.90 Å². The first-order valence-electron chi connectivity index (χ1n) is 7.75. The summed E-state index contributed by atoms with van der Waals surface area (Å²) in [5.41, 5.74) is 0. The fourth-order valence-corrected chi connectivity index (χ4v) is 2.22. The summed E-state index contributed by atoms with van der Waals surface area (Å²) in [7, 11) is 0. The molecule has 0 aromatic carbocycles. The Bertz CT molecular complexity index is 494. The molecule has 0 amide bonds. The highest BCUT2D eigenvalue weighted by atomic mass is 16.4. The van der Waals surface area contributed by atoms with Crippen LogP contribution in [0.15, 0.2) is 0 Å². The molecule has 0 aliphatic rings. The number of hydrogen-bond acceptors (Lipinski definition) is 13. The zero-order chi connectivity index (χ0) is 21.0. The van der Waals surface area contributed by atoms with Crippen LogP contribution in [0.2, 0.25) is 0 Å². The third-order valence-corrected chi connectivity index (χ3v) is 3.26. The number of carboxylic acids is 5. The Hall–Kier alpha value is -2.97. The van der Waals surface area contributed by atoms with Crippen LogP contribution in [0, 0.1) is 0 Å². The average Bonchev–Trinajstić information content (AvgIpc) is 2.46. The Labute approximate surface area is 184 Å². The average molecular weight is 479 g/mol. The zero-order valence-electron chi connectivity index (χ0n) is 18.0. The van der Waals surface area contributed by atoms with Crippen molar-refractivity contribution in [3.8, 4) is 0 Å². The van der Waals surface area contributed by atoms with Crippen molar-refractivity contribution in [1.82, 2.24) is 45.5 Å². The Balaban J connectivity index is -0.000000338. The van der Waals surface area contributed by atoms with Crippen LogP contribution in [0.4, 0.5) is 0 Å². The third kappa shape index (κ3) is 25.1. The maximum atomic E-state index is 11.0. The first-order chi connectivity index (χ1) is 12.5. The highest BCUT2D eigenvalue weighted by Gasteiger charge is 2.19. The van der Waals surface area contributed by atoms with Crippen LogP contribution in [0.1, 0.15) is 0 Å². The van der Waals surface area contributed by atoms with E-state index in [4.69, 9.17) is 25.5 Å². The molecule has 0 fully saturated rings. The Morgan fingerprint density at radius 1 is 0.375 bits per heavy atom. The van der Waals surface area contributed by atoms with Gasteiger partial charge in [-0.05, 0) is 0 Å². The fraction of sp³-hybridized carbons (Fsp3) is 0.643. The summed E-state index contributed by atoms with van der Waals surface area (Å²) < 4.78 is 0. The Morgan fingerprint density at radius 2 is 0.531 bits per heavy atom. The molecule has 0 aliphatic carbocycles. The molecule has 18 nitrogen and oxygen atoms in total. The van der Waals surface area contributed by atoms with E-state index in [9.17, 15) is 24.0 Å². The van der Waals surface area contributed by atoms with Gasteiger partial charge in [0.2, 0.25) is 0 Å². The topological polar surface area (TPSA) is 371 Å². The van der Waals surface area contributed by atoms with Crippen molar-refractivity contribution in [2.75, 3.05) is 58.9 Å². The van der Waals surface area contributed by atoms with E-state index in [2.05, 4.69) is 0 Å². The van der Waals surface area contributed by atoms with E-state index in [0.717, 1.165) is 9.80 Å². The Kier molecular flexibility index (Phi) is 30.5. The van der Waals surface area contributed by atoms with Gasteiger partial charge in [0, 0.05) is 26.2 Å². The van der Waals surface area contributed by atoms with Gasteiger partial charge in [0.05, 0.1) is 32.7 Å². The van der Waals surface area contributed by atoms with Gasteiger partial charge < -0.3 is 56.3 Å². The van der Waals surface area contributed by atoms with Crippen LogP contribution in [-0.4, -0.2) is 129 Å². The summed E-state index contributed by atoms with van der Waals surface area (Å²) in [6.07, 6.45) is 0. The second-order valence-electron chi connectivity index (χ2n) is 5.67. The Morgan fingerprint density at radius 3 is 0.719 bits per heavy atom. The lowest BCUT2D eigenvalue weighted by atomic mass is 10.3. The van der Waals surface area contributed by atoms with Gasteiger partial charge in [-0.25, -0.2) is 0 Å². The monoisotopic (exact) mass is 478 g/mol. The number of nitrogens with zero attached hydrogens (tertiary/aromatic N) is 3. The van der Waals surface area contributed by atoms with E-state index >= 15 is 0 Å². The molecule has 0 aliphatic heterocycles. The van der Waals surface area contributed by atoms with Crippen molar-refractivity contribution in [1.29, 1.82) is 0 Å². The standard InChI is InChI=1S/C14H23N3O10.5H3N/c18-10(19)5-15(1-3-16(6-11(20)21)7-12(22)23)2-4-17(8-13(24)25)9-14(26)27;;;;;/h1-9H2,(H,18,19)(H,20,21)(H,22,23)(H,24,25)(H,26,27);5*1H3. The SMILES string of the molecule is N.N.N.N.N.O=C(O)CN(CCN(CC(=O)O)CC(=O)O)CCN(CC(=O)O)CC(=O)O. The van der Waals surface area contributed by atoms with Crippen molar-refractivity contribution >= 4 is 29.8 Å². The lowest BCUT2D eigenvalue weighted by Crippen LogP contribution is -2.45. The number of hydrogen-bond donors (Lipinski definition) is 10. The molecule has 0 bridgehead atoms. The molecule has 32 heavy (non-hydrogen) atoms. The van der Waals surface area contributed by atoms with Crippen molar-refractivity contribution in [2.45, 2.75) is 0 Å². The van der Waals surface area contributed by atoms with Gasteiger partial charge in [0.15, 0.2) is 0 Å². The predicted molar refractivity (Wildman–Crippen MR) is 113 cm³/mol. The van der Waals surface area contributed by atoms with E-state index in [-0.39, 0.29) is 56.9 Å². The zero-order valence-corrected chi connectivity index (χ0v) is 18.0. The minimum absolute atomic E-state index is 0. The molecule has 0 aromatic heterocycles. The molecule has 18 heteroatoms. The van der Waals surface area contributed by atoms with E-state index in [0.29, 0.717) is 0 Å². The van der Waals surface area contributed by atoms with Gasteiger partial charge in [0.1, 0.15) is 0 Å². The smallest absolute Gasteiger partial charge is 0.317 e. The summed E-state index contributed by atoms with van der Waals surface area (Å²) in [4.78, 5) is 57.6. The quantitative estimate of drug-likeness (QED) is 0.116. The van der Waals surface area contributed by atoms with E-state index in [1.807, 2.05) is 0 Å². The molecule has 0 radical (unpaired) electrons. The van der Waals surface area contributed by atoms with Gasteiger partial charge in [-0.15, -0.1) is 0 Å². The third-order valence-electron chi connectivity index (χ3n) is 3.26. The molecule has 0 saturated carbocycles. The van der Waals surface area contributed by atoms with Crippen molar-refractivity contribution in [2.24, 2.45) is 0 Å². The van der Waals surface area contributed by atoms with Gasteiger partial charge in [0.25, 0.3) is 0 Å². The molecular formula is C14H38N8O10. The lowest BCUT2D eigenvalue weighted by molar-refractivity contribution is -0.143. The van der Waals surface area contributed by atoms with Crippen LogP contribution in [-0.2, 0) is 24.0 Å². The number of rotatable bonds is 16. The minimum atomic E-state index is -1.24. The minimum Gasteiger partial charge on any atom is -0.480 e. The molecule has 0 rings (SSSR count). The summed E-state index contributed by atoms with van der Waals surface area (Å²) in [6.45, 7) is -2.74. The number of carboxylic acid groups (broad SMARTS) is 5. The molecule has 0 atom stereocenters. The lowest BCUT2D eigenvalue weighted by Gasteiger charge is -2.27. The molecular weight excluding hydrogens is 440 g/mol. The van der Waals surface area contributed by atoms with Crippen LogP contribution in [0.3, 0.4) is 0 Å². The van der Waals surface area contributed by atoms with Crippen LogP contribution in [0.25, 0.3) is 0 Å². The summed E-state index contributed by atoms with van der Waals surface area (Å²) in [6, 6.07) is 0.